The average Bonchev–Trinajstić information content (AvgIpc) is 3.77. The van der Waals surface area contributed by atoms with Crippen molar-refractivity contribution in [1.29, 1.82) is 0 Å². The molecule has 0 radical (unpaired) electrons. The van der Waals surface area contributed by atoms with Crippen LogP contribution in [-0.2, 0) is 22.4 Å². The van der Waals surface area contributed by atoms with Crippen molar-refractivity contribution >= 4 is 28.5 Å². The number of carbonyl (C=O) groups is 3. The largest absolute Gasteiger partial charge is 0.494 e. The van der Waals surface area contributed by atoms with Crippen molar-refractivity contribution in [3.8, 4) is 17.2 Å². The zero-order valence-corrected chi connectivity index (χ0v) is 22.4. The molecule has 1 aliphatic rings. The van der Waals surface area contributed by atoms with Crippen LogP contribution in [0.5, 0.6) is 17.2 Å². The van der Waals surface area contributed by atoms with E-state index in [4.69, 9.17) is 9.47 Å². The lowest BCUT2D eigenvalue weighted by molar-refractivity contribution is -0.133. The van der Waals surface area contributed by atoms with Crippen LogP contribution in [0.25, 0.3) is 11.0 Å². The van der Waals surface area contributed by atoms with E-state index in [2.05, 4.69) is 9.97 Å². The van der Waals surface area contributed by atoms with Crippen molar-refractivity contribution in [1.82, 2.24) is 14.9 Å². The molecule has 1 fully saturated rings. The van der Waals surface area contributed by atoms with Crippen LogP contribution in [0.2, 0.25) is 0 Å². The Morgan fingerprint density at radius 1 is 0.900 bits per heavy atom. The molecule has 2 aromatic heterocycles. The van der Waals surface area contributed by atoms with Crippen LogP contribution >= 0.6 is 0 Å². The Kier molecular flexibility index (Phi) is 7.30. The maximum atomic E-state index is 13.2. The molecule has 2 heterocycles. The summed E-state index contributed by atoms with van der Waals surface area (Å²) in [6, 6.07) is 16.1. The van der Waals surface area contributed by atoms with Crippen molar-refractivity contribution in [2.45, 2.75) is 25.7 Å². The number of nitrogens with zero attached hydrogens (tertiary/aromatic N) is 3. The van der Waals surface area contributed by atoms with E-state index in [1.165, 1.54) is 24.1 Å². The number of ketones is 2. The van der Waals surface area contributed by atoms with Gasteiger partial charge >= 0.3 is 0 Å². The van der Waals surface area contributed by atoms with Gasteiger partial charge in [0, 0.05) is 45.3 Å². The number of pyridine rings is 2. The minimum absolute atomic E-state index is 0.107. The highest BCUT2D eigenvalue weighted by molar-refractivity contribution is 6.11. The molecular weight excluding hydrogens is 513 g/mol. The molecule has 0 spiro atoms. The maximum absolute atomic E-state index is 13.2. The summed E-state index contributed by atoms with van der Waals surface area (Å²) in [6.45, 7) is 0. The summed E-state index contributed by atoms with van der Waals surface area (Å²) < 4.78 is 24.6. The summed E-state index contributed by atoms with van der Waals surface area (Å²) in [5.74, 6) is 0.331. The molecule has 1 aliphatic carbocycles. The number of methoxy groups -OCH3 is 1. The molecule has 0 bridgehead atoms. The Morgan fingerprint density at radius 2 is 1.50 bits per heavy atom. The summed E-state index contributed by atoms with van der Waals surface area (Å²) in [4.78, 5) is 49.0. The third-order valence-corrected chi connectivity index (χ3v) is 7.08. The van der Waals surface area contributed by atoms with Crippen molar-refractivity contribution in [3.05, 3.63) is 89.5 Å². The zero-order chi connectivity index (χ0) is 28.4. The van der Waals surface area contributed by atoms with Gasteiger partial charge in [-0.15, -0.1) is 0 Å². The van der Waals surface area contributed by atoms with Crippen LogP contribution in [0.1, 0.15) is 34.5 Å². The smallest absolute Gasteiger partial charge is 0.275 e. The van der Waals surface area contributed by atoms with Crippen molar-refractivity contribution in [2.75, 3.05) is 21.2 Å². The van der Waals surface area contributed by atoms with Gasteiger partial charge in [0.2, 0.25) is 0 Å². The molecule has 1 saturated carbocycles. The van der Waals surface area contributed by atoms with Gasteiger partial charge in [0.15, 0.2) is 28.8 Å². The van der Waals surface area contributed by atoms with Gasteiger partial charge in [-0.05, 0) is 48.2 Å². The van der Waals surface area contributed by atoms with Crippen LogP contribution in [0.3, 0.4) is 0 Å². The lowest BCUT2D eigenvalue weighted by atomic mass is 9.88. The number of benzene rings is 2. The number of amides is 1. The summed E-state index contributed by atoms with van der Waals surface area (Å²) in [5.41, 5.74) is 1.57. The third-order valence-electron chi connectivity index (χ3n) is 7.08. The van der Waals surface area contributed by atoms with E-state index in [1.54, 1.807) is 68.8 Å². The Bertz CT molecular complexity index is 1600. The number of ether oxygens (including phenoxy) is 2. The standard InChI is InChI=1S/C31H28FN3O5/c1-35(2)30(38)29-25(39-3)18-23-28(34-29)24(12-15-33-23)40-22-10-6-20(7-11-22)17-27(37)31(13-14-31)26(36)16-19-4-8-21(32)9-5-19/h4-12,15,18H,13-14,16-17H2,1-3H3. The molecule has 0 atom stereocenters. The third kappa shape index (κ3) is 5.40. The first kappa shape index (κ1) is 26.9. The highest BCUT2D eigenvalue weighted by Gasteiger charge is 2.54. The predicted molar refractivity (Wildman–Crippen MR) is 146 cm³/mol. The van der Waals surface area contributed by atoms with Gasteiger partial charge in [0.1, 0.15) is 17.1 Å². The van der Waals surface area contributed by atoms with Crippen LogP contribution in [0.4, 0.5) is 4.39 Å². The van der Waals surface area contributed by atoms with E-state index < -0.39 is 5.41 Å². The lowest BCUT2D eigenvalue weighted by Gasteiger charge is -2.15. The van der Waals surface area contributed by atoms with Gasteiger partial charge in [0.25, 0.3) is 5.91 Å². The predicted octanol–water partition coefficient (Wildman–Crippen LogP) is 4.98. The summed E-state index contributed by atoms with van der Waals surface area (Å²) >= 11 is 0. The van der Waals surface area contributed by atoms with Gasteiger partial charge in [0.05, 0.1) is 18.0 Å². The molecule has 204 valence electrons. The minimum atomic E-state index is -0.950. The molecule has 9 heteroatoms. The fourth-order valence-electron chi connectivity index (χ4n) is 4.58. The van der Waals surface area contributed by atoms with E-state index in [0.717, 1.165) is 5.56 Å². The molecule has 0 saturated heterocycles. The monoisotopic (exact) mass is 541 g/mol. The zero-order valence-electron chi connectivity index (χ0n) is 22.4. The van der Waals surface area contributed by atoms with Crippen LogP contribution < -0.4 is 9.47 Å². The van der Waals surface area contributed by atoms with Crippen molar-refractivity contribution in [3.63, 3.8) is 0 Å². The second-order valence-corrected chi connectivity index (χ2v) is 10.1. The average molecular weight is 542 g/mol. The number of fused-ring (bicyclic) bond motifs is 1. The summed E-state index contributed by atoms with van der Waals surface area (Å²) in [6.07, 6.45) is 2.90. The molecule has 1 amide bonds. The highest BCUT2D eigenvalue weighted by atomic mass is 19.1. The minimum Gasteiger partial charge on any atom is -0.494 e. The second kappa shape index (κ2) is 10.8. The van der Waals surface area contributed by atoms with Gasteiger partial charge in [-0.3, -0.25) is 19.4 Å². The molecule has 0 aliphatic heterocycles. The summed E-state index contributed by atoms with van der Waals surface area (Å²) in [5, 5.41) is 0. The number of halogens is 1. The van der Waals surface area contributed by atoms with E-state index in [9.17, 15) is 18.8 Å². The van der Waals surface area contributed by atoms with E-state index in [1.807, 2.05) is 0 Å². The first-order chi connectivity index (χ1) is 19.2. The van der Waals surface area contributed by atoms with Gasteiger partial charge in [-0.25, -0.2) is 9.37 Å². The Labute approximate surface area is 230 Å². The molecule has 40 heavy (non-hydrogen) atoms. The normalized spacial score (nSPS) is 13.5. The molecule has 0 unspecified atom stereocenters. The van der Waals surface area contributed by atoms with E-state index >= 15 is 0 Å². The molecule has 4 aromatic rings. The van der Waals surface area contributed by atoms with Crippen LogP contribution in [0.15, 0.2) is 66.9 Å². The van der Waals surface area contributed by atoms with Crippen LogP contribution in [-0.4, -0.2) is 53.5 Å². The second-order valence-electron chi connectivity index (χ2n) is 10.1. The molecule has 0 N–H and O–H groups in total. The van der Waals surface area contributed by atoms with E-state index in [0.29, 0.717) is 46.7 Å². The number of carbonyl (C=O) groups excluding carboxylic acids is 3. The summed E-state index contributed by atoms with van der Waals surface area (Å²) in [7, 11) is 4.73. The van der Waals surface area contributed by atoms with Crippen LogP contribution in [0, 0.1) is 11.2 Å². The Morgan fingerprint density at radius 3 is 2.05 bits per heavy atom. The van der Waals surface area contributed by atoms with Gasteiger partial charge in [-0.2, -0.15) is 0 Å². The molecular formula is C31H28FN3O5. The van der Waals surface area contributed by atoms with Gasteiger partial charge < -0.3 is 14.4 Å². The fourth-order valence-corrected chi connectivity index (χ4v) is 4.58. The number of hydrogen-bond donors (Lipinski definition) is 0. The lowest BCUT2D eigenvalue weighted by Crippen LogP contribution is -2.28. The quantitative estimate of drug-likeness (QED) is 0.261. The topological polar surface area (TPSA) is 98.7 Å². The fraction of sp³-hybridized carbons (Fsp3) is 0.258. The first-order valence-corrected chi connectivity index (χ1v) is 12.8. The SMILES string of the molecule is COc1cc2nccc(Oc3ccc(CC(=O)C4(C(=O)Cc5ccc(F)cc5)CC4)cc3)c2nc1C(=O)N(C)C. The maximum Gasteiger partial charge on any atom is 0.275 e. The Hall–Kier alpha value is -4.66. The number of rotatable bonds is 10. The Balaban J connectivity index is 1.30. The molecule has 8 nitrogen and oxygen atoms in total. The van der Waals surface area contributed by atoms with Crippen molar-refractivity contribution in [2.24, 2.45) is 5.41 Å². The number of Topliss-reactive ketones (excluding diaryl/α,β-unsaturated/α-hetero) is 2. The molecule has 5 rings (SSSR count). The van der Waals surface area contributed by atoms with E-state index in [-0.39, 0.29) is 41.8 Å². The van der Waals surface area contributed by atoms with Gasteiger partial charge in [-0.1, -0.05) is 24.3 Å². The molecule has 2 aromatic carbocycles. The number of hydrogen-bond acceptors (Lipinski definition) is 7. The van der Waals surface area contributed by atoms with Crippen molar-refractivity contribution < 1.29 is 28.2 Å². The number of aromatic nitrogens is 2. The highest BCUT2D eigenvalue weighted by Crippen LogP contribution is 2.48. The first-order valence-electron chi connectivity index (χ1n) is 12.8.